The Bertz CT molecular complexity index is 392. The standard InChI is InChI=1S/C12H19N3OS/c13-11-2-1-3-12(14)10(11)4-5-15-6-8-17(16)9-7-15/h1-3H,4-9,13-14H2. The highest BCUT2D eigenvalue weighted by molar-refractivity contribution is 7.85. The molecule has 0 saturated carbocycles. The summed E-state index contributed by atoms with van der Waals surface area (Å²) in [5.74, 6) is 1.58. The van der Waals surface area contributed by atoms with E-state index in [1.165, 1.54) is 0 Å². The molecule has 1 aliphatic rings. The number of hydrogen-bond acceptors (Lipinski definition) is 4. The number of hydrogen-bond donors (Lipinski definition) is 2. The molecular formula is C12H19N3OS. The van der Waals surface area contributed by atoms with Crippen molar-refractivity contribution in [3.63, 3.8) is 0 Å². The molecule has 0 amide bonds. The minimum Gasteiger partial charge on any atom is -0.398 e. The van der Waals surface area contributed by atoms with Gasteiger partial charge in [0.2, 0.25) is 0 Å². The second kappa shape index (κ2) is 5.51. The van der Waals surface area contributed by atoms with E-state index in [4.69, 9.17) is 11.5 Å². The Labute approximate surface area is 104 Å². The van der Waals surface area contributed by atoms with Crippen molar-refractivity contribution in [2.75, 3.05) is 42.6 Å². The summed E-state index contributed by atoms with van der Waals surface area (Å²) < 4.78 is 11.2. The number of nitrogens with zero attached hydrogens (tertiary/aromatic N) is 1. The Morgan fingerprint density at radius 2 is 1.76 bits per heavy atom. The van der Waals surface area contributed by atoms with E-state index in [2.05, 4.69) is 4.90 Å². The van der Waals surface area contributed by atoms with Crippen LogP contribution in [0.2, 0.25) is 0 Å². The molecular weight excluding hydrogens is 234 g/mol. The van der Waals surface area contributed by atoms with Crippen LogP contribution in [0.15, 0.2) is 18.2 Å². The molecule has 4 nitrogen and oxygen atoms in total. The van der Waals surface area contributed by atoms with Crippen LogP contribution in [-0.2, 0) is 17.2 Å². The van der Waals surface area contributed by atoms with Crippen molar-refractivity contribution in [1.29, 1.82) is 0 Å². The van der Waals surface area contributed by atoms with E-state index in [0.29, 0.717) is 0 Å². The zero-order valence-corrected chi connectivity index (χ0v) is 10.7. The van der Waals surface area contributed by atoms with Gasteiger partial charge in [-0.25, -0.2) is 0 Å². The zero-order valence-electron chi connectivity index (χ0n) is 9.89. The highest BCUT2D eigenvalue weighted by Crippen LogP contribution is 2.20. The molecule has 2 rings (SSSR count). The van der Waals surface area contributed by atoms with Gasteiger partial charge >= 0.3 is 0 Å². The second-order valence-electron chi connectivity index (χ2n) is 4.35. The van der Waals surface area contributed by atoms with Crippen molar-refractivity contribution in [2.24, 2.45) is 0 Å². The number of anilines is 2. The first-order chi connectivity index (χ1) is 8.16. The van der Waals surface area contributed by atoms with E-state index in [-0.39, 0.29) is 0 Å². The van der Waals surface area contributed by atoms with Crippen LogP contribution in [0.1, 0.15) is 5.56 Å². The Kier molecular flexibility index (Phi) is 4.02. The lowest BCUT2D eigenvalue weighted by Gasteiger charge is -2.26. The zero-order chi connectivity index (χ0) is 12.3. The molecule has 1 aromatic rings. The Hall–Kier alpha value is -1.07. The van der Waals surface area contributed by atoms with Gasteiger partial charge < -0.3 is 16.4 Å². The molecule has 17 heavy (non-hydrogen) atoms. The fourth-order valence-electron chi connectivity index (χ4n) is 2.08. The fraction of sp³-hybridized carbons (Fsp3) is 0.500. The summed E-state index contributed by atoms with van der Waals surface area (Å²) >= 11 is 0. The molecule has 0 radical (unpaired) electrons. The third kappa shape index (κ3) is 3.20. The van der Waals surface area contributed by atoms with Gasteiger partial charge in [0.15, 0.2) is 0 Å². The van der Waals surface area contributed by atoms with Crippen LogP contribution in [-0.4, -0.2) is 40.2 Å². The molecule has 1 aliphatic heterocycles. The van der Waals surface area contributed by atoms with E-state index in [0.717, 1.165) is 54.5 Å². The van der Waals surface area contributed by atoms with E-state index in [1.807, 2.05) is 18.2 Å². The lowest BCUT2D eigenvalue weighted by molar-refractivity contribution is 0.303. The Morgan fingerprint density at radius 1 is 1.18 bits per heavy atom. The van der Waals surface area contributed by atoms with Gasteiger partial charge in [-0.2, -0.15) is 0 Å². The smallest absolute Gasteiger partial charge is 0.0367 e. The maximum Gasteiger partial charge on any atom is 0.0367 e. The second-order valence-corrected chi connectivity index (χ2v) is 6.05. The van der Waals surface area contributed by atoms with Gasteiger partial charge in [-0.15, -0.1) is 0 Å². The normalized spacial score (nSPS) is 18.4. The van der Waals surface area contributed by atoms with Crippen LogP contribution in [0.25, 0.3) is 0 Å². The van der Waals surface area contributed by atoms with Crippen molar-refractivity contribution >= 4 is 22.2 Å². The Balaban J connectivity index is 1.91. The van der Waals surface area contributed by atoms with Gasteiger partial charge in [0.25, 0.3) is 0 Å². The number of rotatable bonds is 3. The van der Waals surface area contributed by atoms with Gasteiger partial charge in [0.05, 0.1) is 0 Å². The van der Waals surface area contributed by atoms with Crippen LogP contribution in [0.4, 0.5) is 11.4 Å². The van der Waals surface area contributed by atoms with Crippen molar-refractivity contribution in [3.8, 4) is 0 Å². The molecule has 4 N–H and O–H groups in total. The molecule has 0 atom stereocenters. The van der Waals surface area contributed by atoms with Crippen LogP contribution in [0, 0.1) is 0 Å². The summed E-state index contributed by atoms with van der Waals surface area (Å²) in [6.45, 7) is 2.77. The minimum absolute atomic E-state index is 0.609. The molecule has 0 aliphatic carbocycles. The predicted octanol–water partition coefficient (Wildman–Crippen LogP) is 0.458. The average Bonchev–Trinajstić information content (AvgIpc) is 2.31. The van der Waals surface area contributed by atoms with Crippen LogP contribution < -0.4 is 11.5 Å². The summed E-state index contributed by atoms with van der Waals surface area (Å²) in [4.78, 5) is 2.33. The molecule has 5 heteroatoms. The molecule has 1 heterocycles. The van der Waals surface area contributed by atoms with Crippen molar-refractivity contribution in [2.45, 2.75) is 6.42 Å². The van der Waals surface area contributed by atoms with E-state index in [1.54, 1.807) is 0 Å². The van der Waals surface area contributed by atoms with Gasteiger partial charge in [-0.3, -0.25) is 4.21 Å². The highest BCUT2D eigenvalue weighted by Gasteiger charge is 2.15. The fourth-order valence-corrected chi connectivity index (χ4v) is 3.21. The van der Waals surface area contributed by atoms with Gasteiger partial charge in [0.1, 0.15) is 0 Å². The number of nitrogen functional groups attached to an aromatic ring is 2. The largest absolute Gasteiger partial charge is 0.398 e. The molecule has 0 aromatic heterocycles. The number of benzene rings is 1. The molecule has 94 valence electrons. The van der Waals surface area contributed by atoms with Crippen molar-refractivity contribution in [3.05, 3.63) is 23.8 Å². The first kappa shape index (κ1) is 12.4. The molecule has 1 saturated heterocycles. The quantitative estimate of drug-likeness (QED) is 0.768. The van der Waals surface area contributed by atoms with Crippen LogP contribution >= 0.6 is 0 Å². The van der Waals surface area contributed by atoms with Crippen LogP contribution in [0.3, 0.4) is 0 Å². The van der Waals surface area contributed by atoms with Crippen molar-refractivity contribution < 1.29 is 4.21 Å². The molecule has 0 unspecified atom stereocenters. The highest BCUT2D eigenvalue weighted by atomic mass is 32.2. The van der Waals surface area contributed by atoms with Crippen molar-refractivity contribution in [1.82, 2.24) is 4.90 Å². The lowest BCUT2D eigenvalue weighted by atomic mass is 10.1. The van der Waals surface area contributed by atoms with Gasteiger partial charge in [-0.05, 0) is 24.1 Å². The van der Waals surface area contributed by atoms with Gasteiger partial charge in [0, 0.05) is 53.3 Å². The predicted molar refractivity (Wildman–Crippen MR) is 73.3 cm³/mol. The minimum atomic E-state index is -0.609. The maximum absolute atomic E-state index is 11.2. The maximum atomic E-state index is 11.2. The summed E-state index contributed by atoms with van der Waals surface area (Å²) in [5.41, 5.74) is 14.4. The van der Waals surface area contributed by atoms with Crippen LogP contribution in [0.5, 0.6) is 0 Å². The Morgan fingerprint density at radius 3 is 2.35 bits per heavy atom. The summed E-state index contributed by atoms with van der Waals surface area (Å²) in [6.07, 6.45) is 0.866. The van der Waals surface area contributed by atoms with E-state index < -0.39 is 10.8 Å². The van der Waals surface area contributed by atoms with Gasteiger partial charge in [-0.1, -0.05) is 6.07 Å². The first-order valence-electron chi connectivity index (χ1n) is 5.87. The molecule has 0 bridgehead atoms. The lowest BCUT2D eigenvalue weighted by Crippen LogP contribution is -2.38. The SMILES string of the molecule is Nc1cccc(N)c1CCN1CCS(=O)CC1. The topological polar surface area (TPSA) is 72.3 Å². The van der Waals surface area contributed by atoms with E-state index in [9.17, 15) is 4.21 Å². The third-order valence-corrected chi connectivity index (χ3v) is 4.47. The van der Waals surface area contributed by atoms with E-state index >= 15 is 0 Å². The first-order valence-corrected chi connectivity index (χ1v) is 7.36. The molecule has 0 spiro atoms. The average molecular weight is 253 g/mol. The third-order valence-electron chi connectivity index (χ3n) is 3.20. The summed E-state index contributed by atoms with van der Waals surface area (Å²) in [7, 11) is -0.609. The summed E-state index contributed by atoms with van der Waals surface area (Å²) in [6, 6.07) is 5.64. The number of nitrogens with two attached hydrogens (primary N) is 2. The monoisotopic (exact) mass is 253 g/mol. The summed E-state index contributed by atoms with van der Waals surface area (Å²) in [5, 5.41) is 0. The molecule has 1 aromatic carbocycles. The molecule has 1 fully saturated rings.